The molecule has 6 unspecified atom stereocenters. The molecule has 10 heteroatoms. The van der Waals surface area contributed by atoms with Crippen molar-refractivity contribution in [3.63, 3.8) is 0 Å². The number of amides is 4. The van der Waals surface area contributed by atoms with Crippen molar-refractivity contribution in [2.24, 2.45) is 23.7 Å². The van der Waals surface area contributed by atoms with Crippen LogP contribution in [-0.4, -0.2) is 46.8 Å². The van der Waals surface area contributed by atoms with Crippen LogP contribution in [0.4, 0.5) is 5.69 Å². The lowest BCUT2D eigenvalue weighted by molar-refractivity contribution is -0.143. The van der Waals surface area contributed by atoms with Gasteiger partial charge < -0.3 is 9.84 Å². The van der Waals surface area contributed by atoms with E-state index in [9.17, 15) is 19.5 Å². The van der Waals surface area contributed by atoms with Crippen molar-refractivity contribution in [3.05, 3.63) is 99.0 Å². The van der Waals surface area contributed by atoms with Crippen molar-refractivity contribution in [2.75, 3.05) is 12.0 Å². The predicted molar refractivity (Wildman–Crippen MR) is 187 cm³/mol. The van der Waals surface area contributed by atoms with E-state index in [4.69, 9.17) is 16.3 Å². The van der Waals surface area contributed by atoms with E-state index >= 15 is 4.79 Å². The van der Waals surface area contributed by atoms with Crippen LogP contribution in [0.3, 0.4) is 0 Å². The van der Waals surface area contributed by atoms with Gasteiger partial charge in [-0.3, -0.25) is 24.1 Å². The van der Waals surface area contributed by atoms with Gasteiger partial charge in [-0.1, -0.05) is 78.9 Å². The van der Waals surface area contributed by atoms with Crippen molar-refractivity contribution in [1.29, 1.82) is 0 Å². The third kappa shape index (κ3) is 4.68. The minimum Gasteiger partial charge on any atom is -0.503 e. The van der Waals surface area contributed by atoms with Gasteiger partial charge in [0.2, 0.25) is 23.6 Å². The first-order valence-electron chi connectivity index (χ1n) is 17.0. The Morgan fingerprint density at radius 2 is 1.65 bits per heavy atom. The molecule has 8 nitrogen and oxygen atoms in total. The second kappa shape index (κ2) is 12.1. The lowest BCUT2D eigenvalue weighted by atomic mass is 9.49. The number of hydrogen-bond acceptors (Lipinski definition) is 6. The van der Waals surface area contributed by atoms with Crippen LogP contribution >= 0.6 is 27.5 Å². The molecule has 3 aliphatic carbocycles. The number of methoxy groups -OCH3 is 1. The van der Waals surface area contributed by atoms with Gasteiger partial charge in [0, 0.05) is 17.0 Å². The summed E-state index contributed by atoms with van der Waals surface area (Å²) in [6.45, 7) is 0. The van der Waals surface area contributed by atoms with E-state index in [1.54, 1.807) is 41.3 Å². The monoisotopic (exact) mass is 742 g/mol. The van der Waals surface area contributed by atoms with Gasteiger partial charge in [-0.25, -0.2) is 4.90 Å². The first-order chi connectivity index (χ1) is 23.7. The zero-order chi connectivity index (χ0) is 34.2. The maximum absolute atomic E-state index is 15.4. The fraction of sp³-hybridized carbons (Fsp3) is 0.385. The number of ether oxygens (including phenoxy) is 1. The van der Waals surface area contributed by atoms with Crippen LogP contribution in [0.5, 0.6) is 11.5 Å². The molecule has 0 spiro atoms. The highest BCUT2D eigenvalue weighted by molar-refractivity contribution is 9.10. The zero-order valence-corrected chi connectivity index (χ0v) is 29.3. The van der Waals surface area contributed by atoms with Crippen LogP contribution in [0.2, 0.25) is 5.02 Å². The van der Waals surface area contributed by atoms with Crippen molar-refractivity contribution < 1.29 is 29.0 Å². The number of phenolic OH excluding ortho intramolecular Hbond substituents is 1. The number of halogens is 2. The van der Waals surface area contributed by atoms with Crippen LogP contribution in [0.15, 0.2) is 82.9 Å². The summed E-state index contributed by atoms with van der Waals surface area (Å²) < 4.78 is 5.97. The predicted octanol–water partition coefficient (Wildman–Crippen LogP) is 7.31. The Kier molecular flexibility index (Phi) is 7.99. The van der Waals surface area contributed by atoms with Gasteiger partial charge in [0.05, 0.1) is 40.4 Å². The fourth-order valence-electron chi connectivity index (χ4n) is 9.76. The molecule has 2 saturated carbocycles. The Morgan fingerprint density at radius 3 is 2.37 bits per heavy atom. The van der Waals surface area contributed by atoms with Crippen LogP contribution < -0.4 is 9.64 Å². The van der Waals surface area contributed by atoms with Gasteiger partial charge >= 0.3 is 0 Å². The number of nitrogens with zero attached hydrogens (tertiary/aromatic N) is 2. The second-order valence-corrected chi connectivity index (χ2v) is 15.3. The molecule has 5 aliphatic rings. The molecule has 2 heterocycles. The number of carbonyl (C=O) groups excluding carboxylic acids is 4. The number of imide groups is 2. The number of phenols is 1. The van der Waals surface area contributed by atoms with E-state index in [-0.39, 0.29) is 47.6 Å². The van der Waals surface area contributed by atoms with Crippen molar-refractivity contribution >= 4 is 56.8 Å². The van der Waals surface area contributed by atoms with E-state index in [0.717, 1.165) is 37.7 Å². The number of benzene rings is 3. The van der Waals surface area contributed by atoms with Gasteiger partial charge in [-0.05, 0) is 89.0 Å². The average Bonchev–Trinajstić information content (AvgIpc) is 3.50. The topological polar surface area (TPSA) is 104 Å². The van der Waals surface area contributed by atoms with E-state index in [1.807, 2.05) is 30.3 Å². The van der Waals surface area contributed by atoms with E-state index in [1.165, 1.54) is 12.0 Å². The third-order valence-corrected chi connectivity index (χ3v) is 12.6. The molecule has 0 radical (unpaired) electrons. The molecule has 1 N–H and O–H groups in total. The Labute approximate surface area is 298 Å². The van der Waals surface area contributed by atoms with E-state index in [0.29, 0.717) is 32.7 Å². The highest BCUT2D eigenvalue weighted by Gasteiger charge is 2.70. The van der Waals surface area contributed by atoms with E-state index in [2.05, 4.69) is 22.0 Å². The summed E-state index contributed by atoms with van der Waals surface area (Å²) in [4.78, 5) is 61.6. The first-order valence-corrected chi connectivity index (χ1v) is 18.2. The maximum atomic E-state index is 15.4. The second-order valence-electron chi connectivity index (χ2n) is 14.0. The molecule has 252 valence electrons. The Bertz CT molecular complexity index is 1930. The van der Waals surface area contributed by atoms with Gasteiger partial charge in [-0.2, -0.15) is 0 Å². The molecule has 8 rings (SSSR count). The van der Waals surface area contributed by atoms with Crippen molar-refractivity contribution in [3.8, 4) is 11.5 Å². The van der Waals surface area contributed by atoms with Crippen molar-refractivity contribution in [1.82, 2.24) is 4.90 Å². The molecule has 4 amide bonds. The summed E-state index contributed by atoms with van der Waals surface area (Å²) in [7, 11) is 1.46. The van der Waals surface area contributed by atoms with Gasteiger partial charge in [0.1, 0.15) is 0 Å². The third-order valence-electron chi connectivity index (χ3n) is 11.7. The first kappa shape index (κ1) is 32.3. The summed E-state index contributed by atoms with van der Waals surface area (Å²) in [6.07, 6.45) is 7.35. The standard InChI is InChI=1S/C39H36BrClN2O6/c1-49-31-18-21(17-30(40)34(31)44)33-26-15-16-27-32(37(47)42(35(27)45)24-12-6-3-7-13-24)28(26)20-29-36(46)43(25-14-8-11-23(41)19-25)38(48)39(29,33)22-9-4-2-5-10-22/h2,4-5,8-11,14-15,17-19,24,27-29,32-33,44H,3,6-7,12-13,16,20H2,1H3. The molecule has 49 heavy (non-hydrogen) atoms. The van der Waals surface area contributed by atoms with Gasteiger partial charge in [0.15, 0.2) is 11.5 Å². The molecule has 4 fully saturated rings. The largest absolute Gasteiger partial charge is 0.503 e. The zero-order valence-electron chi connectivity index (χ0n) is 27.0. The summed E-state index contributed by atoms with van der Waals surface area (Å²) in [6, 6.07) is 19.5. The molecular formula is C39H36BrClN2O6. The number of rotatable bonds is 5. The maximum Gasteiger partial charge on any atom is 0.246 e. The summed E-state index contributed by atoms with van der Waals surface area (Å²) >= 11 is 9.91. The Hall–Kier alpha value is -3.95. The Balaban J connectivity index is 1.36. The minimum atomic E-state index is -1.41. The molecule has 3 aromatic rings. The molecule has 6 atom stereocenters. The average molecular weight is 744 g/mol. The highest BCUT2D eigenvalue weighted by Crippen LogP contribution is 2.65. The molecule has 0 aromatic heterocycles. The van der Waals surface area contributed by atoms with Crippen LogP contribution in [-0.2, 0) is 24.6 Å². The number of aromatic hydroxyl groups is 1. The molecule has 3 aromatic carbocycles. The number of allylic oxidation sites excluding steroid dienone is 2. The van der Waals surface area contributed by atoms with E-state index < -0.39 is 35.0 Å². The Morgan fingerprint density at radius 1 is 0.898 bits per heavy atom. The number of hydrogen-bond donors (Lipinski definition) is 1. The fourth-order valence-corrected chi connectivity index (χ4v) is 10.4. The normalized spacial score (nSPS) is 29.9. The molecule has 0 bridgehead atoms. The molecular weight excluding hydrogens is 708 g/mol. The number of anilines is 1. The molecule has 2 aliphatic heterocycles. The van der Waals surface area contributed by atoms with Gasteiger partial charge in [0.25, 0.3) is 0 Å². The minimum absolute atomic E-state index is 0.0873. The van der Waals surface area contributed by atoms with Crippen LogP contribution in [0.25, 0.3) is 0 Å². The highest BCUT2D eigenvalue weighted by atomic mass is 79.9. The smallest absolute Gasteiger partial charge is 0.246 e. The number of carbonyl (C=O) groups is 4. The van der Waals surface area contributed by atoms with Crippen molar-refractivity contribution in [2.45, 2.75) is 62.3 Å². The lowest BCUT2D eigenvalue weighted by Crippen LogP contribution is -2.53. The van der Waals surface area contributed by atoms with Gasteiger partial charge in [-0.15, -0.1) is 0 Å². The number of fused-ring (bicyclic) bond motifs is 4. The quantitative estimate of drug-likeness (QED) is 0.217. The number of likely N-dealkylation sites (tertiary alicyclic amines) is 1. The summed E-state index contributed by atoms with van der Waals surface area (Å²) in [5, 5.41) is 11.2. The summed E-state index contributed by atoms with van der Waals surface area (Å²) in [5.41, 5.74) is 1.16. The van der Waals surface area contributed by atoms with Crippen LogP contribution in [0, 0.1) is 23.7 Å². The molecule has 2 saturated heterocycles. The SMILES string of the molecule is COc1cc(C2C3=CCC4C(=O)N(C5CCCCC5)C(=O)C4C3CC3C(=O)N(c4cccc(Cl)c4)C(=O)C32c2ccccc2)cc(Br)c1O. The van der Waals surface area contributed by atoms with Crippen LogP contribution in [0.1, 0.15) is 62.0 Å². The summed E-state index contributed by atoms with van der Waals surface area (Å²) in [5.74, 6) is -4.08. The lowest BCUT2D eigenvalue weighted by Gasteiger charge is -2.50.